The summed E-state index contributed by atoms with van der Waals surface area (Å²) in [6, 6.07) is 0. The molecule has 0 amide bonds. The highest BCUT2D eigenvalue weighted by Crippen LogP contribution is 1.95. The minimum Gasteiger partial charge on any atom is -0.300 e. The van der Waals surface area contributed by atoms with Crippen LogP contribution in [-0.4, -0.2) is 19.0 Å². The normalized spacial score (nSPS) is 12.7. The summed E-state index contributed by atoms with van der Waals surface area (Å²) in [5, 5.41) is 0. The zero-order valence-electron chi connectivity index (χ0n) is 30.3. The number of unbranched alkanes of at least 4 members (excludes halogenated alkanes) is 4. The van der Waals surface area contributed by atoms with Crippen LogP contribution in [0.5, 0.6) is 0 Å². The van der Waals surface area contributed by atoms with Crippen LogP contribution < -0.4 is 0 Å². The van der Waals surface area contributed by atoms with Crippen molar-refractivity contribution in [3.63, 3.8) is 0 Å². The Bertz CT molecular complexity index is 1020. The van der Waals surface area contributed by atoms with Crippen LogP contribution in [0.15, 0.2) is 151 Å². The van der Waals surface area contributed by atoms with Gasteiger partial charge in [-0.2, -0.15) is 0 Å². The Balaban J connectivity index is -0.000000292. The second-order valence-electron chi connectivity index (χ2n) is 10.3. The molecule has 0 radical (unpaired) electrons. The van der Waals surface area contributed by atoms with Crippen LogP contribution >= 0.6 is 0 Å². The molecule has 2 nitrogen and oxygen atoms in total. The van der Waals surface area contributed by atoms with Gasteiger partial charge < -0.3 is 0 Å². The number of Topliss-reactive ketones (excluding diaryl/α,β-unsaturated/α-hetero) is 1. The Morgan fingerprint density at radius 1 is 0.426 bits per heavy atom. The maximum absolute atomic E-state index is 10.6. The van der Waals surface area contributed by atoms with Crippen LogP contribution in [0.4, 0.5) is 0 Å². The summed E-state index contributed by atoms with van der Waals surface area (Å²) in [4.78, 5) is 14.4. The Morgan fingerprint density at radius 2 is 0.745 bits per heavy atom. The maximum atomic E-state index is 10.6. The Kier molecular flexibility index (Phi) is 55.2. The number of carbonyl (C=O) groups excluding carboxylic acids is 1. The van der Waals surface area contributed by atoms with Crippen molar-refractivity contribution in [3.05, 3.63) is 146 Å². The minimum absolute atomic E-state index is 0. The number of hydrogen-bond acceptors (Lipinski definition) is 2. The summed E-state index contributed by atoms with van der Waals surface area (Å²) < 4.78 is 0. The molecule has 0 saturated heterocycles. The van der Waals surface area contributed by atoms with Gasteiger partial charge in [0, 0.05) is 19.7 Å². The molecule has 0 N–H and O–H groups in total. The molecule has 0 spiro atoms. The van der Waals surface area contributed by atoms with Gasteiger partial charge in [0.05, 0.1) is 0 Å². The molecule has 2 heteroatoms. The quantitative estimate of drug-likeness (QED) is 0.0620. The van der Waals surface area contributed by atoms with Gasteiger partial charge in [0.1, 0.15) is 5.78 Å². The van der Waals surface area contributed by atoms with Gasteiger partial charge in [-0.25, -0.2) is 0 Å². The molecule has 0 aliphatic rings. The fourth-order valence-electron chi connectivity index (χ4n) is 3.09. The molecule has 0 rings (SSSR count). The Labute approximate surface area is 293 Å². The molecule has 0 aliphatic heterocycles. The number of nitrogens with zero attached hydrogens (tertiary/aromatic N) is 1. The molecule has 0 aliphatic carbocycles. The number of aliphatic imine (C=N–C) groups is 1. The molecule has 0 aromatic rings. The fourth-order valence-corrected chi connectivity index (χ4v) is 3.09. The van der Waals surface area contributed by atoms with E-state index in [1.165, 1.54) is 44.9 Å². The SMILES string of the molecule is C.CCC/C=C/C/C=C/C=C/C=C/C=NC.CCC/C=C/C/C=C/C=C/C=C/CC(C)=O.CCC/C=C/C=C/C=C/C/C=C/CCC. The first-order chi connectivity index (χ1) is 22.6. The summed E-state index contributed by atoms with van der Waals surface area (Å²) in [5.41, 5.74) is 0. The number of hydrogen-bond donors (Lipinski definition) is 0. The number of ketones is 1. The molecule has 47 heavy (non-hydrogen) atoms. The average molecular weight is 642 g/mol. The van der Waals surface area contributed by atoms with Crippen LogP contribution in [0.2, 0.25) is 0 Å². The van der Waals surface area contributed by atoms with Crippen molar-refractivity contribution in [2.75, 3.05) is 7.05 Å². The first-order valence-electron chi connectivity index (χ1n) is 17.4. The average Bonchev–Trinajstić information content (AvgIpc) is 3.05. The molecular formula is C45H71NO. The lowest BCUT2D eigenvalue weighted by molar-refractivity contribution is -0.116. The van der Waals surface area contributed by atoms with Crippen molar-refractivity contribution in [2.24, 2.45) is 4.99 Å². The lowest BCUT2D eigenvalue weighted by Crippen LogP contribution is -1.82. The molecule has 0 aromatic carbocycles. The van der Waals surface area contributed by atoms with E-state index in [4.69, 9.17) is 0 Å². The van der Waals surface area contributed by atoms with Gasteiger partial charge in [0.15, 0.2) is 0 Å². The molecule has 0 saturated carbocycles. The number of allylic oxidation sites excluding steroid dienone is 24. The van der Waals surface area contributed by atoms with Crippen molar-refractivity contribution < 1.29 is 4.79 Å². The first-order valence-corrected chi connectivity index (χ1v) is 17.4. The topological polar surface area (TPSA) is 29.4 Å². The minimum atomic E-state index is 0. The van der Waals surface area contributed by atoms with Crippen LogP contribution in [-0.2, 0) is 4.79 Å². The van der Waals surface area contributed by atoms with Gasteiger partial charge in [0.25, 0.3) is 0 Å². The van der Waals surface area contributed by atoms with Crippen molar-refractivity contribution in [3.8, 4) is 0 Å². The number of rotatable bonds is 23. The molecule has 0 fully saturated rings. The zero-order valence-corrected chi connectivity index (χ0v) is 30.3. The maximum Gasteiger partial charge on any atom is 0.133 e. The van der Waals surface area contributed by atoms with Crippen LogP contribution in [0, 0.1) is 0 Å². The molecular weight excluding hydrogens is 571 g/mol. The van der Waals surface area contributed by atoms with Crippen LogP contribution in [0.3, 0.4) is 0 Å². The standard InChI is InChI=1S/C15H22O.C15H24.C14H21N.CH4/c1-3-4-5-6-7-8-9-10-11-12-13-14-15(2)16;1-3-5-7-9-11-13-15-14-12-10-8-6-4-2;1-3-4-5-6-7-8-9-10-11-12-13-14-15-2;/h5-6,8-13H,3-4,7,14H2,1-2H3;7-11,13-15H,3-6,12H2,1-2H3;5-6,8-14H,3-4,7H2,1-2H3;1H4/b6-5+,9-8+,11-10+,13-12+;9-7+,10-8+,13-11+,15-14+;6-5+,9-8+,11-10+,13-12+,15-14?;. The lowest BCUT2D eigenvalue weighted by Gasteiger charge is -1.83. The molecule has 0 aromatic heterocycles. The summed E-state index contributed by atoms with van der Waals surface area (Å²) >= 11 is 0. The van der Waals surface area contributed by atoms with Gasteiger partial charge in [-0.3, -0.25) is 9.79 Å². The summed E-state index contributed by atoms with van der Waals surface area (Å²) in [6.45, 7) is 10.4. The van der Waals surface area contributed by atoms with Crippen molar-refractivity contribution in [1.82, 2.24) is 0 Å². The van der Waals surface area contributed by atoms with Gasteiger partial charge in [-0.15, -0.1) is 0 Å². The van der Waals surface area contributed by atoms with Crippen molar-refractivity contribution in [1.29, 1.82) is 0 Å². The highest BCUT2D eigenvalue weighted by atomic mass is 16.1. The zero-order chi connectivity index (χ0) is 34.4. The monoisotopic (exact) mass is 642 g/mol. The first kappa shape index (κ1) is 50.1. The van der Waals surface area contributed by atoms with Gasteiger partial charge in [-0.1, -0.05) is 201 Å². The Hall–Kier alpha value is -3.78. The largest absolute Gasteiger partial charge is 0.300 e. The molecule has 0 heterocycles. The van der Waals surface area contributed by atoms with Gasteiger partial charge in [-0.05, 0) is 57.9 Å². The van der Waals surface area contributed by atoms with E-state index in [0.29, 0.717) is 6.42 Å². The van der Waals surface area contributed by atoms with E-state index in [1.54, 1.807) is 20.2 Å². The second kappa shape index (κ2) is 51.8. The fraction of sp³-hybridized carbons (Fsp3) is 0.422. The van der Waals surface area contributed by atoms with Gasteiger partial charge in [0.2, 0.25) is 0 Å². The van der Waals surface area contributed by atoms with E-state index in [-0.39, 0.29) is 13.2 Å². The third-order valence-corrected chi connectivity index (χ3v) is 5.57. The van der Waals surface area contributed by atoms with E-state index < -0.39 is 0 Å². The summed E-state index contributed by atoms with van der Waals surface area (Å²) in [7, 11) is 1.76. The van der Waals surface area contributed by atoms with E-state index in [2.05, 4.69) is 124 Å². The van der Waals surface area contributed by atoms with Crippen molar-refractivity contribution >= 4 is 12.0 Å². The molecule has 262 valence electrons. The molecule has 0 bridgehead atoms. The van der Waals surface area contributed by atoms with Crippen LogP contribution in [0.1, 0.15) is 119 Å². The van der Waals surface area contributed by atoms with E-state index in [9.17, 15) is 4.79 Å². The summed E-state index contributed by atoms with van der Waals surface area (Å²) in [5.74, 6) is 0.196. The third kappa shape index (κ3) is 61.9. The number of carbonyl (C=O) groups is 1. The van der Waals surface area contributed by atoms with Crippen LogP contribution in [0.25, 0.3) is 0 Å². The molecule has 0 unspecified atom stereocenters. The summed E-state index contributed by atoms with van der Waals surface area (Å²) in [6.07, 6.45) is 64.9. The highest BCUT2D eigenvalue weighted by Gasteiger charge is 1.82. The predicted molar refractivity (Wildman–Crippen MR) is 220 cm³/mol. The lowest BCUT2D eigenvalue weighted by atomic mass is 10.2. The Morgan fingerprint density at radius 3 is 1.11 bits per heavy atom. The second-order valence-corrected chi connectivity index (χ2v) is 10.3. The van der Waals surface area contributed by atoms with E-state index in [1.807, 2.05) is 54.7 Å². The predicted octanol–water partition coefficient (Wildman–Crippen LogP) is 14.3. The van der Waals surface area contributed by atoms with E-state index in [0.717, 1.165) is 25.7 Å². The van der Waals surface area contributed by atoms with Crippen molar-refractivity contribution in [2.45, 2.75) is 119 Å². The third-order valence-electron chi connectivity index (χ3n) is 5.57. The molecule has 0 atom stereocenters. The van der Waals surface area contributed by atoms with E-state index >= 15 is 0 Å². The smallest absolute Gasteiger partial charge is 0.133 e. The highest BCUT2D eigenvalue weighted by molar-refractivity contribution is 5.77. The van der Waals surface area contributed by atoms with Gasteiger partial charge >= 0.3 is 0 Å².